The topological polar surface area (TPSA) is 38.3 Å². The maximum atomic E-state index is 11.5. The predicted octanol–water partition coefficient (Wildman–Crippen LogP) is 2.45. The molecular weight excluding hydrogens is 282 g/mol. The van der Waals surface area contributed by atoms with Crippen LogP contribution in [0.5, 0.6) is 0 Å². The minimum absolute atomic E-state index is 0.0644. The number of aryl methyl sites for hydroxylation is 2. The van der Waals surface area contributed by atoms with Crippen LogP contribution in [0.3, 0.4) is 0 Å². The molecule has 17 heavy (non-hydrogen) atoms. The van der Waals surface area contributed by atoms with E-state index < -0.39 is 0 Å². The fraction of sp³-hybridized carbons (Fsp3) is 0.462. The molecule has 0 saturated carbocycles. The number of benzene rings is 1. The van der Waals surface area contributed by atoms with E-state index in [9.17, 15) is 4.79 Å². The summed E-state index contributed by atoms with van der Waals surface area (Å²) in [4.78, 5) is 11.5. The number of methoxy groups -OCH3 is 1. The first-order valence-corrected chi connectivity index (χ1v) is 6.43. The highest BCUT2D eigenvalue weighted by Crippen LogP contribution is 2.19. The van der Waals surface area contributed by atoms with E-state index in [1.54, 1.807) is 7.11 Å². The summed E-state index contributed by atoms with van der Waals surface area (Å²) in [6, 6.07) is 6.18. The van der Waals surface area contributed by atoms with Crippen molar-refractivity contribution in [3.05, 3.63) is 33.8 Å². The van der Waals surface area contributed by atoms with Crippen LogP contribution in [0, 0.1) is 6.92 Å². The first-order valence-electron chi connectivity index (χ1n) is 5.64. The van der Waals surface area contributed by atoms with Crippen LogP contribution >= 0.6 is 15.9 Å². The van der Waals surface area contributed by atoms with Gasteiger partial charge in [0, 0.05) is 24.5 Å². The lowest BCUT2D eigenvalue weighted by molar-refractivity contribution is -0.121. The lowest BCUT2D eigenvalue weighted by Crippen LogP contribution is -2.27. The SMILES string of the molecule is COCCNC(=O)CCc1ccc(C)cc1Br. The number of carbonyl (C=O) groups excluding carboxylic acids is 1. The zero-order chi connectivity index (χ0) is 12.7. The molecule has 0 aliphatic carbocycles. The highest BCUT2D eigenvalue weighted by Gasteiger charge is 2.04. The van der Waals surface area contributed by atoms with E-state index in [2.05, 4.69) is 39.4 Å². The average Bonchev–Trinajstić information content (AvgIpc) is 2.28. The van der Waals surface area contributed by atoms with Crippen LogP contribution in [0.4, 0.5) is 0 Å². The Labute approximate surface area is 111 Å². The number of amides is 1. The first kappa shape index (κ1) is 14.2. The Bertz CT molecular complexity index is 380. The molecule has 94 valence electrons. The monoisotopic (exact) mass is 299 g/mol. The van der Waals surface area contributed by atoms with E-state index in [1.165, 1.54) is 5.56 Å². The van der Waals surface area contributed by atoms with E-state index in [0.29, 0.717) is 19.6 Å². The zero-order valence-electron chi connectivity index (χ0n) is 10.3. The smallest absolute Gasteiger partial charge is 0.220 e. The molecule has 1 rings (SSSR count). The first-order chi connectivity index (χ1) is 8.13. The molecule has 1 aromatic carbocycles. The molecule has 0 aromatic heterocycles. The Morgan fingerprint density at radius 1 is 1.47 bits per heavy atom. The fourth-order valence-corrected chi connectivity index (χ4v) is 2.18. The van der Waals surface area contributed by atoms with Crippen LogP contribution in [0.15, 0.2) is 22.7 Å². The van der Waals surface area contributed by atoms with Gasteiger partial charge in [0.05, 0.1) is 6.61 Å². The van der Waals surface area contributed by atoms with Crippen LogP contribution in [0.25, 0.3) is 0 Å². The molecule has 3 nitrogen and oxygen atoms in total. The third kappa shape index (κ3) is 5.33. The van der Waals surface area contributed by atoms with Crippen molar-refractivity contribution >= 4 is 21.8 Å². The summed E-state index contributed by atoms with van der Waals surface area (Å²) in [5, 5.41) is 2.81. The molecule has 4 heteroatoms. The van der Waals surface area contributed by atoms with Gasteiger partial charge in [-0.25, -0.2) is 0 Å². The van der Waals surface area contributed by atoms with Gasteiger partial charge in [0.15, 0.2) is 0 Å². The molecular formula is C13H18BrNO2. The largest absolute Gasteiger partial charge is 0.383 e. The van der Waals surface area contributed by atoms with Gasteiger partial charge in [-0.15, -0.1) is 0 Å². The summed E-state index contributed by atoms with van der Waals surface area (Å²) >= 11 is 3.51. The summed E-state index contributed by atoms with van der Waals surface area (Å²) in [5.41, 5.74) is 2.38. The van der Waals surface area contributed by atoms with Crippen molar-refractivity contribution in [3.63, 3.8) is 0 Å². The third-order valence-electron chi connectivity index (χ3n) is 2.46. The molecule has 0 bridgehead atoms. The molecule has 0 spiro atoms. The van der Waals surface area contributed by atoms with Gasteiger partial charge in [-0.2, -0.15) is 0 Å². The summed E-state index contributed by atoms with van der Waals surface area (Å²) in [6.45, 7) is 3.18. The molecule has 1 aromatic rings. The molecule has 1 N–H and O–H groups in total. The zero-order valence-corrected chi connectivity index (χ0v) is 11.8. The van der Waals surface area contributed by atoms with Crippen molar-refractivity contribution in [2.45, 2.75) is 19.8 Å². The number of carbonyl (C=O) groups is 1. The van der Waals surface area contributed by atoms with E-state index in [-0.39, 0.29) is 5.91 Å². The number of rotatable bonds is 6. The van der Waals surface area contributed by atoms with Gasteiger partial charge in [-0.3, -0.25) is 4.79 Å². The molecule has 0 unspecified atom stereocenters. The summed E-state index contributed by atoms with van der Waals surface area (Å²) in [7, 11) is 1.62. The Kier molecular flexibility index (Phi) is 6.22. The van der Waals surface area contributed by atoms with Gasteiger partial charge in [0.25, 0.3) is 0 Å². The second-order valence-electron chi connectivity index (χ2n) is 3.94. The lowest BCUT2D eigenvalue weighted by Gasteiger charge is -2.06. The van der Waals surface area contributed by atoms with Gasteiger partial charge in [0.2, 0.25) is 5.91 Å². The van der Waals surface area contributed by atoms with Gasteiger partial charge in [-0.05, 0) is 30.5 Å². The Balaban J connectivity index is 2.37. The molecule has 0 atom stereocenters. The lowest BCUT2D eigenvalue weighted by atomic mass is 10.1. The summed E-state index contributed by atoms with van der Waals surface area (Å²) < 4.78 is 5.94. The molecule has 0 fully saturated rings. The Morgan fingerprint density at radius 3 is 2.88 bits per heavy atom. The maximum absolute atomic E-state index is 11.5. The Hall–Kier alpha value is -0.870. The molecule has 0 radical (unpaired) electrons. The number of halogens is 1. The number of nitrogens with one attached hydrogen (secondary N) is 1. The molecule has 0 aliphatic heterocycles. The molecule has 0 saturated heterocycles. The van der Waals surface area contributed by atoms with Crippen LogP contribution in [0.1, 0.15) is 17.5 Å². The van der Waals surface area contributed by atoms with Crippen LogP contribution < -0.4 is 5.32 Å². The van der Waals surface area contributed by atoms with E-state index >= 15 is 0 Å². The van der Waals surface area contributed by atoms with Crippen molar-refractivity contribution < 1.29 is 9.53 Å². The van der Waals surface area contributed by atoms with Gasteiger partial charge in [-0.1, -0.05) is 28.1 Å². The second-order valence-corrected chi connectivity index (χ2v) is 4.79. The quantitative estimate of drug-likeness (QED) is 0.820. The summed E-state index contributed by atoms with van der Waals surface area (Å²) in [5.74, 6) is 0.0644. The van der Waals surface area contributed by atoms with Crippen molar-refractivity contribution in [2.24, 2.45) is 0 Å². The fourth-order valence-electron chi connectivity index (χ4n) is 1.48. The Morgan fingerprint density at radius 2 is 2.24 bits per heavy atom. The minimum atomic E-state index is 0.0644. The molecule has 0 aliphatic rings. The number of hydrogen-bond donors (Lipinski definition) is 1. The number of hydrogen-bond acceptors (Lipinski definition) is 2. The predicted molar refractivity (Wildman–Crippen MR) is 72.1 cm³/mol. The highest BCUT2D eigenvalue weighted by atomic mass is 79.9. The average molecular weight is 300 g/mol. The highest BCUT2D eigenvalue weighted by molar-refractivity contribution is 9.10. The van der Waals surface area contributed by atoms with E-state index in [0.717, 1.165) is 16.5 Å². The van der Waals surface area contributed by atoms with E-state index in [4.69, 9.17) is 4.74 Å². The van der Waals surface area contributed by atoms with Crippen LogP contribution in [-0.2, 0) is 16.0 Å². The van der Waals surface area contributed by atoms with Crippen LogP contribution in [-0.4, -0.2) is 26.2 Å². The normalized spacial score (nSPS) is 10.3. The summed E-state index contributed by atoms with van der Waals surface area (Å²) in [6.07, 6.45) is 1.26. The third-order valence-corrected chi connectivity index (χ3v) is 3.20. The van der Waals surface area contributed by atoms with Crippen molar-refractivity contribution in [1.82, 2.24) is 5.32 Å². The second kappa shape index (κ2) is 7.45. The van der Waals surface area contributed by atoms with Crippen LogP contribution in [0.2, 0.25) is 0 Å². The van der Waals surface area contributed by atoms with Crippen molar-refractivity contribution in [2.75, 3.05) is 20.3 Å². The van der Waals surface area contributed by atoms with E-state index in [1.807, 2.05) is 6.92 Å². The standard InChI is InChI=1S/C13H18BrNO2/c1-10-3-4-11(12(14)9-10)5-6-13(16)15-7-8-17-2/h3-4,9H,5-8H2,1-2H3,(H,15,16). The maximum Gasteiger partial charge on any atom is 0.220 e. The van der Waals surface area contributed by atoms with Gasteiger partial charge < -0.3 is 10.1 Å². The van der Waals surface area contributed by atoms with Gasteiger partial charge in [0.1, 0.15) is 0 Å². The molecule has 0 heterocycles. The minimum Gasteiger partial charge on any atom is -0.383 e. The van der Waals surface area contributed by atoms with Gasteiger partial charge >= 0.3 is 0 Å². The molecule has 1 amide bonds. The van der Waals surface area contributed by atoms with Crippen molar-refractivity contribution in [3.8, 4) is 0 Å². The number of ether oxygens (including phenoxy) is 1. The van der Waals surface area contributed by atoms with Crippen molar-refractivity contribution in [1.29, 1.82) is 0 Å².